The van der Waals surface area contributed by atoms with Gasteiger partial charge in [0.1, 0.15) is 0 Å². The maximum atomic E-state index is 11.4. The van der Waals surface area contributed by atoms with Crippen LogP contribution in [0, 0.1) is 6.92 Å². The van der Waals surface area contributed by atoms with Crippen molar-refractivity contribution in [2.45, 2.75) is 6.92 Å². The first-order valence-electron chi connectivity index (χ1n) is 5.65. The lowest BCUT2D eigenvalue weighted by Gasteiger charge is -2.03. The summed E-state index contributed by atoms with van der Waals surface area (Å²) >= 11 is 0. The molecule has 4 heteroatoms. The molecule has 0 aliphatic carbocycles. The molecule has 0 fully saturated rings. The van der Waals surface area contributed by atoms with Gasteiger partial charge in [0.05, 0.1) is 11.2 Å². The number of benzene rings is 1. The predicted octanol–water partition coefficient (Wildman–Crippen LogP) is 2.29. The third-order valence-electron chi connectivity index (χ3n) is 2.78. The third kappa shape index (κ3) is 1.88. The molecule has 88 valence electrons. The molecular weight excluding hydrogens is 226 g/mol. The first-order valence-corrected chi connectivity index (χ1v) is 5.65. The van der Waals surface area contributed by atoms with Crippen molar-refractivity contribution >= 4 is 10.9 Å². The van der Waals surface area contributed by atoms with Crippen molar-refractivity contribution in [2.24, 2.45) is 0 Å². The van der Waals surface area contributed by atoms with Crippen molar-refractivity contribution < 1.29 is 0 Å². The molecule has 0 amide bonds. The molecular formula is C14H11N3O. The molecule has 18 heavy (non-hydrogen) atoms. The van der Waals surface area contributed by atoms with Crippen molar-refractivity contribution in [3.05, 3.63) is 58.8 Å². The van der Waals surface area contributed by atoms with Crippen LogP contribution in [-0.2, 0) is 0 Å². The fourth-order valence-corrected chi connectivity index (χ4v) is 1.96. The smallest absolute Gasteiger partial charge is 0.310 e. The second-order valence-electron chi connectivity index (χ2n) is 4.17. The van der Waals surface area contributed by atoms with Gasteiger partial charge in [-0.25, -0.2) is 4.79 Å². The van der Waals surface area contributed by atoms with Crippen molar-refractivity contribution in [2.75, 3.05) is 0 Å². The lowest BCUT2D eigenvalue weighted by atomic mass is 10.1. The molecule has 0 aliphatic rings. The van der Waals surface area contributed by atoms with Crippen LogP contribution in [0.2, 0.25) is 0 Å². The Morgan fingerprint density at radius 1 is 1.17 bits per heavy atom. The number of aromatic amines is 1. The molecule has 0 radical (unpaired) electrons. The van der Waals surface area contributed by atoms with Crippen LogP contribution in [0.4, 0.5) is 0 Å². The van der Waals surface area contributed by atoms with Crippen LogP contribution in [0.5, 0.6) is 0 Å². The van der Waals surface area contributed by atoms with Gasteiger partial charge in [-0.1, -0.05) is 12.1 Å². The quantitative estimate of drug-likeness (QED) is 0.706. The van der Waals surface area contributed by atoms with Gasteiger partial charge >= 0.3 is 5.69 Å². The summed E-state index contributed by atoms with van der Waals surface area (Å²) in [5.41, 5.74) is 3.02. The lowest BCUT2D eigenvalue weighted by molar-refractivity contribution is 1.03. The fraction of sp³-hybridized carbons (Fsp3) is 0.0714. The summed E-state index contributed by atoms with van der Waals surface area (Å²) in [5.74, 6) is 0. The highest BCUT2D eigenvalue weighted by atomic mass is 16.1. The average molecular weight is 237 g/mol. The van der Waals surface area contributed by atoms with Crippen molar-refractivity contribution in [1.29, 1.82) is 0 Å². The van der Waals surface area contributed by atoms with Crippen molar-refractivity contribution in [1.82, 2.24) is 15.0 Å². The normalized spacial score (nSPS) is 10.7. The van der Waals surface area contributed by atoms with E-state index in [0.717, 1.165) is 22.2 Å². The Kier molecular flexibility index (Phi) is 2.41. The second kappa shape index (κ2) is 4.07. The van der Waals surface area contributed by atoms with E-state index in [1.807, 2.05) is 43.3 Å². The fourth-order valence-electron chi connectivity index (χ4n) is 1.96. The number of nitrogens with one attached hydrogen (secondary N) is 1. The molecule has 0 aliphatic heterocycles. The highest BCUT2D eigenvalue weighted by molar-refractivity contribution is 5.83. The number of pyridine rings is 1. The summed E-state index contributed by atoms with van der Waals surface area (Å²) < 4.78 is 0. The van der Waals surface area contributed by atoms with Gasteiger partial charge < -0.3 is 4.98 Å². The van der Waals surface area contributed by atoms with Gasteiger partial charge in [0, 0.05) is 22.8 Å². The number of rotatable bonds is 1. The highest BCUT2D eigenvalue weighted by Crippen LogP contribution is 2.21. The van der Waals surface area contributed by atoms with Gasteiger partial charge in [-0.05, 0) is 31.2 Å². The molecule has 1 N–H and O–H groups in total. The Hall–Kier alpha value is -2.49. The van der Waals surface area contributed by atoms with E-state index in [9.17, 15) is 4.79 Å². The molecule has 0 saturated heterocycles. The van der Waals surface area contributed by atoms with E-state index in [1.54, 1.807) is 6.20 Å². The maximum Gasteiger partial charge on any atom is 0.345 e. The van der Waals surface area contributed by atoms with Crippen LogP contribution in [0.1, 0.15) is 5.69 Å². The maximum absolute atomic E-state index is 11.4. The number of hydrogen-bond donors (Lipinski definition) is 1. The van der Waals surface area contributed by atoms with Gasteiger partial charge in [0.25, 0.3) is 0 Å². The first-order chi connectivity index (χ1) is 8.72. The number of hydrogen-bond acceptors (Lipinski definition) is 3. The Bertz CT molecular complexity index is 777. The molecule has 0 saturated carbocycles. The lowest BCUT2D eigenvalue weighted by Crippen LogP contribution is -2.11. The Labute approximate surface area is 103 Å². The standard InChI is InChI=1S/C14H11N3O/c1-9-7-13(17-14(18)16-9)11-4-5-12-10(8-11)3-2-6-15-12/h2-8H,1H3,(H,16,17,18). The van der Waals surface area contributed by atoms with E-state index in [4.69, 9.17) is 0 Å². The molecule has 3 rings (SSSR count). The van der Waals surface area contributed by atoms with Crippen molar-refractivity contribution in [3.8, 4) is 11.3 Å². The second-order valence-corrected chi connectivity index (χ2v) is 4.17. The average Bonchev–Trinajstić information content (AvgIpc) is 2.37. The summed E-state index contributed by atoms with van der Waals surface area (Å²) in [6, 6.07) is 11.6. The summed E-state index contributed by atoms with van der Waals surface area (Å²) in [5, 5.41) is 1.04. The molecule has 0 bridgehead atoms. The topological polar surface area (TPSA) is 58.6 Å². The third-order valence-corrected chi connectivity index (χ3v) is 2.78. The van der Waals surface area contributed by atoms with Gasteiger partial charge in [0.2, 0.25) is 0 Å². The van der Waals surface area contributed by atoms with E-state index in [-0.39, 0.29) is 5.69 Å². The van der Waals surface area contributed by atoms with Gasteiger partial charge in [-0.3, -0.25) is 4.98 Å². The molecule has 0 unspecified atom stereocenters. The monoisotopic (exact) mass is 237 g/mol. The first kappa shape index (κ1) is 10.7. The van der Waals surface area contributed by atoms with Crippen molar-refractivity contribution in [3.63, 3.8) is 0 Å². The zero-order chi connectivity index (χ0) is 12.5. The predicted molar refractivity (Wildman–Crippen MR) is 70.3 cm³/mol. The minimum atomic E-state index is -0.323. The Balaban J connectivity index is 2.22. The van der Waals surface area contributed by atoms with Gasteiger partial charge in [-0.2, -0.15) is 4.98 Å². The van der Waals surface area contributed by atoms with Crippen LogP contribution in [0.25, 0.3) is 22.2 Å². The number of H-pyrrole nitrogens is 1. The Morgan fingerprint density at radius 2 is 2.06 bits per heavy atom. The molecule has 2 aromatic heterocycles. The van der Waals surface area contributed by atoms with Gasteiger partial charge in [-0.15, -0.1) is 0 Å². The van der Waals surface area contributed by atoms with Crippen LogP contribution < -0.4 is 5.69 Å². The minimum Gasteiger partial charge on any atom is -0.310 e. The van der Waals surface area contributed by atoms with E-state index in [0.29, 0.717) is 5.69 Å². The van der Waals surface area contributed by atoms with E-state index in [2.05, 4.69) is 15.0 Å². The molecule has 1 aromatic carbocycles. The molecule has 0 spiro atoms. The number of aryl methyl sites for hydroxylation is 1. The molecule has 0 atom stereocenters. The molecule has 2 heterocycles. The molecule has 4 nitrogen and oxygen atoms in total. The van der Waals surface area contributed by atoms with Gasteiger partial charge in [0.15, 0.2) is 0 Å². The largest absolute Gasteiger partial charge is 0.345 e. The number of fused-ring (bicyclic) bond motifs is 1. The van der Waals surface area contributed by atoms with E-state index in [1.165, 1.54) is 0 Å². The number of aromatic nitrogens is 3. The zero-order valence-electron chi connectivity index (χ0n) is 9.84. The van der Waals surface area contributed by atoms with E-state index >= 15 is 0 Å². The molecule has 3 aromatic rings. The van der Waals surface area contributed by atoms with Crippen LogP contribution in [0.3, 0.4) is 0 Å². The zero-order valence-corrected chi connectivity index (χ0v) is 9.84. The SMILES string of the molecule is Cc1cc(-c2ccc3ncccc3c2)nc(=O)[nH]1. The summed E-state index contributed by atoms with van der Waals surface area (Å²) in [7, 11) is 0. The van der Waals surface area contributed by atoms with Crippen LogP contribution in [-0.4, -0.2) is 15.0 Å². The summed E-state index contributed by atoms with van der Waals surface area (Å²) in [6.45, 7) is 1.84. The Morgan fingerprint density at radius 3 is 2.89 bits per heavy atom. The van der Waals surface area contributed by atoms with Crippen LogP contribution >= 0.6 is 0 Å². The summed E-state index contributed by atoms with van der Waals surface area (Å²) in [6.07, 6.45) is 1.76. The highest BCUT2D eigenvalue weighted by Gasteiger charge is 2.03. The minimum absolute atomic E-state index is 0.323. The van der Waals surface area contributed by atoms with Crippen LogP contribution in [0.15, 0.2) is 47.4 Å². The van der Waals surface area contributed by atoms with E-state index < -0.39 is 0 Å². The number of nitrogens with zero attached hydrogens (tertiary/aromatic N) is 2. The summed E-state index contributed by atoms with van der Waals surface area (Å²) in [4.78, 5) is 22.2.